The minimum atomic E-state index is -0.128. The molecule has 1 N–H and O–H groups in total. The van der Waals surface area contributed by atoms with Crippen LogP contribution in [0.4, 0.5) is 5.69 Å². The van der Waals surface area contributed by atoms with Crippen molar-refractivity contribution < 1.29 is 0 Å². The van der Waals surface area contributed by atoms with Gasteiger partial charge >= 0.3 is 0 Å². The van der Waals surface area contributed by atoms with Gasteiger partial charge in [0.2, 0.25) is 0 Å². The predicted octanol–water partition coefficient (Wildman–Crippen LogP) is 5.63. The SMILES string of the molecule is CC1(C)C[C@@H](N2CCCc3cc(C#N)cc(-c4ccnc5cc(Cn6ncc(C(C)(C)C)cc6=O)sc45)c32)CN1. The van der Waals surface area contributed by atoms with Crippen molar-refractivity contribution in [2.75, 3.05) is 18.0 Å². The zero-order valence-electron chi connectivity index (χ0n) is 23.9. The summed E-state index contributed by atoms with van der Waals surface area (Å²) in [7, 11) is 0. The highest BCUT2D eigenvalue weighted by Gasteiger charge is 2.36. The van der Waals surface area contributed by atoms with Crippen molar-refractivity contribution in [1.82, 2.24) is 20.1 Å². The van der Waals surface area contributed by atoms with Crippen LogP contribution in [0.1, 0.15) is 69.0 Å². The summed E-state index contributed by atoms with van der Waals surface area (Å²) in [6.45, 7) is 13.2. The number of aryl methyl sites for hydroxylation is 1. The van der Waals surface area contributed by atoms with E-state index in [0.29, 0.717) is 18.2 Å². The van der Waals surface area contributed by atoms with Gasteiger partial charge in [0.25, 0.3) is 5.56 Å². The van der Waals surface area contributed by atoms with Crippen LogP contribution >= 0.6 is 11.3 Å². The third-order valence-corrected chi connectivity index (χ3v) is 9.39. The van der Waals surface area contributed by atoms with Gasteiger partial charge < -0.3 is 10.2 Å². The molecule has 6 rings (SSSR count). The fourth-order valence-electron chi connectivity index (χ4n) is 6.15. The maximum Gasteiger partial charge on any atom is 0.267 e. The summed E-state index contributed by atoms with van der Waals surface area (Å²) >= 11 is 1.65. The number of benzene rings is 1. The van der Waals surface area contributed by atoms with Crippen LogP contribution in [0.3, 0.4) is 0 Å². The maximum atomic E-state index is 12.9. The third kappa shape index (κ3) is 4.93. The molecule has 0 aliphatic carbocycles. The molecule has 8 heteroatoms. The standard InChI is InChI=1S/C32H36N6OS/c1-31(2,3)22-13-28(39)38(36-17-22)19-24-14-27-30(40-24)25(8-9-34-27)26-12-20(16-33)11-21-7-6-10-37(29(21)26)23-15-32(4,5)35-18-23/h8-9,11-14,17,23,35H,6-7,10,15,18-19H2,1-5H3/t23-/m1/s1. The van der Waals surface area contributed by atoms with Gasteiger partial charge in [-0.25, -0.2) is 4.68 Å². The first-order valence-electron chi connectivity index (χ1n) is 14.1. The van der Waals surface area contributed by atoms with Crippen molar-refractivity contribution in [3.63, 3.8) is 0 Å². The second kappa shape index (κ2) is 9.83. The molecule has 2 aliphatic heterocycles. The summed E-state index contributed by atoms with van der Waals surface area (Å²) in [5.41, 5.74) is 7.11. The Morgan fingerprint density at radius 2 is 2.02 bits per heavy atom. The number of aromatic nitrogens is 3. The fourth-order valence-corrected chi connectivity index (χ4v) is 7.27. The van der Waals surface area contributed by atoms with Crippen molar-refractivity contribution in [3.8, 4) is 17.2 Å². The molecular weight excluding hydrogens is 516 g/mol. The molecule has 0 bridgehead atoms. The lowest BCUT2D eigenvalue weighted by Gasteiger charge is -2.38. The molecule has 2 aliphatic rings. The first-order valence-corrected chi connectivity index (χ1v) is 14.9. The minimum Gasteiger partial charge on any atom is -0.366 e. The Bertz CT molecular complexity index is 1700. The number of hydrogen-bond donors (Lipinski definition) is 1. The third-order valence-electron chi connectivity index (χ3n) is 8.25. The fraction of sp³-hybridized carbons (Fsp3) is 0.438. The molecule has 206 valence electrons. The van der Waals surface area contributed by atoms with E-state index in [1.165, 1.54) is 15.9 Å². The summed E-state index contributed by atoms with van der Waals surface area (Å²) in [4.78, 5) is 21.2. The first kappa shape index (κ1) is 26.7. The largest absolute Gasteiger partial charge is 0.366 e. The molecule has 1 aromatic carbocycles. The Kier molecular flexibility index (Phi) is 6.55. The quantitative estimate of drug-likeness (QED) is 0.353. The van der Waals surface area contributed by atoms with Gasteiger partial charge in [-0.15, -0.1) is 11.3 Å². The molecule has 1 saturated heterocycles. The topological polar surface area (TPSA) is 86.8 Å². The van der Waals surface area contributed by atoms with Crippen LogP contribution in [0.5, 0.6) is 0 Å². The van der Waals surface area contributed by atoms with Crippen molar-refractivity contribution in [2.45, 2.75) is 77.4 Å². The van der Waals surface area contributed by atoms with E-state index in [9.17, 15) is 10.1 Å². The monoisotopic (exact) mass is 552 g/mol. The number of nitriles is 1. The van der Waals surface area contributed by atoms with Crippen molar-refractivity contribution in [1.29, 1.82) is 5.26 Å². The van der Waals surface area contributed by atoms with E-state index in [1.807, 2.05) is 6.20 Å². The Morgan fingerprint density at radius 3 is 2.73 bits per heavy atom. The molecule has 5 heterocycles. The normalized spacial score (nSPS) is 18.6. The molecule has 0 saturated carbocycles. The highest BCUT2D eigenvalue weighted by atomic mass is 32.1. The molecule has 1 atom stereocenters. The second-order valence-corrected chi connectivity index (χ2v) is 14.0. The van der Waals surface area contributed by atoms with E-state index in [0.717, 1.165) is 64.1 Å². The highest BCUT2D eigenvalue weighted by molar-refractivity contribution is 7.19. The molecule has 0 radical (unpaired) electrons. The first-order chi connectivity index (χ1) is 19.0. The Balaban J connectivity index is 1.43. The Labute approximate surface area is 239 Å². The molecule has 1 fully saturated rings. The highest BCUT2D eigenvalue weighted by Crippen LogP contribution is 2.44. The molecule has 0 amide bonds. The number of anilines is 1. The molecule has 40 heavy (non-hydrogen) atoms. The van der Waals surface area contributed by atoms with Crippen LogP contribution in [0, 0.1) is 11.3 Å². The number of hydrogen-bond acceptors (Lipinski definition) is 7. The lowest BCUT2D eigenvalue weighted by Crippen LogP contribution is -2.40. The number of pyridine rings is 1. The molecule has 4 aromatic rings. The van der Waals surface area contributed by atoms with E-state index in [1.54, 1.807) is 23.6 Å². The van der Waals surface area contributed by atoms with Crippen molar-refractivity contribution in [3.05, 3.63) is 74.6 Å². The van der Waals surface area contributed by atoms with Gasteiger partial charge in [-0.3, -0.25) is 9.78 Å². The van der Waals surface area contributed by atoms with E-state index in [2.05, 4.69) is 85.3 Å². The number of nitrogens with zero attached hydrogens (tertiary/aromatic N) is 5. The maximum absolute atomic E-state index is 12.9. The molecule has 3 aromatic heterocycles. The molecule has 0 unspecified atom stereocenters. The molecular formula is C32H36N6OS. The average Bonchev–Trinajstić information content (AvgIpc) is 3.50. The number of fused-ring (bicyclic) bond motifs is 2. The van der Waals surface area contributed by atoms with Crippen molar-refractivity contribution in [2.24, 2.45) is 0 Å². The smallest absolute Gasteiger partial charge is 0.267 e. The lowest BCUT2D eigenvalue weighted by molar-refractivity contribution is 0.450. The van der Waals surface area contributed by atoms with Gasteiger partial charge in [0.15, 0.2) is 0 Å². The number of nitrogens with one attached hydrogen (secondary N) is 1. The Morgan fingerprint density at radius 1 is 1.20 bits per heavy atom. The number of thiophene rings is 1. The summed E-state index contributed by atoms with van der Waals surface area (Å²) in [6.07, 6.45) is 6.79. The van der Waals surface area contributed by atoms with Crippen LogP contribution in [-0.4, -0.2) is 39.4 Å². The summed E-state index contributed by atoms with van der Waals surface area (Å²) in [6, 6.07) is 12.8. The van der Waals surface area contributed by atoms with Crippen LogP contribution < -0.4 is 15.8 Å². The van der Waals surface area contributed by atoms with Crippen LogP contribution in [0.15, 0.2) is 47.5 Å². The summed E-state index contributed by atoms with van der Waals surface area (Å²) in [5.74, 6) is 0. The van der Waals surface area contributed by atoms with Crippen LogP contribution in [0.25, 0.3) is 21.3 Å². The molecule has 7 nitrogen and oxygen atoms in total. The van der Waals surface area contributed by atoms with Gasteiger partial charge in [-0.1, -0.05) is 20.8 Å². The minimum absolute atomic E-state index is 0.0995. The van der Waals surface area contributed by atoms with E-state index in [-0.39, 0.29) is 16.5 Å². The molecule has 0 spiro atoms. The van der Waals surface area contributed by atoms with Gasteiger partial charge in [-0.05, 0) is 73.9 Å². The number of rotatable bonds is 4. The van der Waals surface area contributed by atoms with Gasteiger partial charge in [-0.2, -0.15) is 10.4 Å². The lowest BCUT2D eigenvalue weighted by atomic mass is 9.89. The van der Waals surface area contributed by atoms with E-state index in [4.69, 9.17) is 0 Å². The zero-order valence-corrected chi connectivity index (χ0v) is 24.7. The van der Waals surface area contributed by atoms with Crippen LogP contribution in [0.2, 0.25) is 0 Å². The second-order valence-electron chi connectivity index (χ2n) is 12.8. The van der Waals surface area contributed by atoms with Gasteiger partial charge in [0.1, 0.15) is 0 Å². The van der Waals surface area contributed by atoms with Crippen LogP contribution in [-0.2, 0) is 18.4 Å². The van der Waals surface area contributed by atoms with E-state index < -0.39 is 0 Å². The van der Waals surface area contributed by atoms with Gasteiger partial charge in [0, 0.05) is 58.6 Å². The van der Waals surface area contributed by atoms with E-state index >= 15 is 0 Å². The average molecular weight is 553 g/mol. The predicted molar refractivity (Wildman–Crippen MR) is 162 cm³/mol. The summed E-state index contributed by atoms with van der Waals surface area (Å²) in [5, 5.41) is 18.1. The van der Waals surface area contributed by atoms with Crippen molar-refractivity contribution >= 4 is 27.2 Å². The summed E-state index contributed by atoms with van der Waals surface area (Å²) < 4.78 is 2.60. The van der Waals surface area contributed by atoms with Gasteiger partial charge in [0.05, 0.1) is 34.6 Å². The zero-order chi connectivity index (χ0) is 28.2. The Hall–Kier alpha value is -3.54.